The zero-order chi connectivity index (χ0) is 14.3. The minimum Gasteiger partial charge on any atom is -0.444 e. The molecule has 0 radical (unpaired) electrons. The van der Waals surface area contributed by atoms with E-state index in [2.05, 4.69) is 0 Å². The number of nitrogens with two attached hydrogens (primary N) is 1. The third kappa shape index (κ3) is 2.72. The highest BCUT2D eigenvalue weighted by molar-refractivity contribution is 5.68. The average Bonchev–Trinajstić information content (AvgIpc) is 2.74. The van der Waals surface area contributed by atoms with Gasteiger partial charge in [0.05, 0.1) is 6.10 Å². The Morgan fingerprint density at radius 2 is 2.16 bits per heavy atom. The molecule has 1 amide bonds. The van der Waals surface area contributed by atoms with Crippen molar-refractivity contribution < 1.29 is 14.3 Å². The molecule has 2 rings (SSSR count). The third-order valence-electron chi connectivity index (χ3n) is 4.20. The zero-order valence-electron chi connectivity index (χ0n) is 12.4. The molecule has 1 aliphatic heterocycles. The van der Waals surface area contributed by atoms with Crippen LogP contribution in [0.2, 0.25) is 0 Å². The number of carbonyl (C=O) groups is 1. The molecule has 5 nitrogen and oxygen atoms in total. The number of hydrogen-bond acceptors (Lipinski definition) is 4. The fourth-order valence-electron chi connectivity index (χ4n) is 3.12. The maximum Gasteiger partial charge on any atom is 0.410 e. The van der Waals surface area contributed by atoms with Crippen LogP contribution in [0.3, 0.4) is 0 Å². The van der Waals surface area contributed by atoms with Crippen LogP contribution in [0.5, 0.6) is 0 Å². The molecule has 5 heteroatoms. The molecule has 0 bridgehead atoms. The minimum atomic E-state index is -0.451. The molecule has 2 fully saturated rings. The molecule has 1 spiro atoms. The summed E-state index contributed by atoms with van der Waals surface area (Å²) in [5.74, 6) is 0. The van der Waals surface area contributed by atoms with Crippen LogP contribution < -0.4 is 5.73 Å². The first-order valence-electron chi connectivity index (χ1n) is 7.13. The van der Waals surface area contributed by atoms with Gasteiger partial charge in [-0.15, -0.1) is 0 Å². The lowest BCUT2D eigenvalue weighted by atomic mass is 9.61. The Labute approximate surface area is 115 Å². The fraction of sp³-hybridized carbons (Fsp3) is 0.929. The smallest absolute Gasteiger partial charge is 0.410 e. The fourth-order valence-corrected chi connectivity index (χ4v) is 3.12. The van der Waals surface area contributed by atoms with Crippen LogP contribution in [-0.4, -0.2) is 48.4 Å². The van der Waals surface area contributed by atoms with Gasteiger partial charge in [0, 0.05) is 31.2 Å². The van der Waals surface area contributed by atoms with E-state index in [-0.39, 0.29) is 23.7 Å². The molecule has 0 aromatic heterocycles. The molecule has 0 unspecified atom stereocenters. The van der Waals surface area contributed by atoms with Crippen molar-refractivity contribution in [2.75, 3.05) is 19.7 Å². The second kappa shape index (κ2) is 4.94. The third-order valence-corrected chi connectivity index (χ3v) is 4.20. The lowest BCUT2D eigenvalue weighted by Gasteiger charge is -2.51. The monoisotopic (exact) mass is 270 g/mol. The lowest BCUT2D eigenvalue weighted by Crippen LogP contribution is -2.63. The van der Waals surface area contributed by atoms with Crippen molar-refractivity contribution in [3.63, 3.8) is 0 Å². The quantitative estimate of drug-likeness (QED) is 0.830. The normalized spacial score (nSPS) is 34.5. The van der Waals surface area contributed by atoms with E-state index in [1.54, 1.807) is 4.90 Å². The first-order chi connectivity index (χ1) is 8.78. The standard InChI is InChI=1S/C14H26N2O3/c1-5-18-11-8-10(15)14(11)6-7-16(9-14)12(17)19-13(2,3)4/h10-11H,5-9,15H2,1-4H3/t10-,11-,14+/m1/s1. The first-order valence-corrected chi connectivity index (χ1v) is 7.13. The molecule has 2 aliphatic rings. The summed E-state index contributed by atoms with van der Waals surface area (Å²) in [6, 6.07) is 0.136. The molecule has 110 valence electrons. The van der Waals surface area contributed by atoms with Crippen molar-refractivity contribution in [1.82, 2.24) is 4.90 Å². The predicted octanol–water partition coefficient (Wildman–Crippen LogP) is 1.75. The SMILES string of the molecule is CCO[C@@H]1C[C@@H](N)[C@@]12CCN(C(=O)OC(C)(C)C)C2. The summed E-state index contributed by atoms with van der Waals surface area (Å²) in [4.78, 5) is 13.9. The van der Waals surface area contributed by atoms with Gasteiger partial charge in [0.25, 0.3) is 0 Å². The van der Waals surface area contributed by atoms with Gasteiger partial charge in [0.1, 0.15) is 5.60 Å². The summed E-state index contributed by atoms with van der Waals surface area (Å²) in [6.45, 7) is 9.72. The van der Waals surface area contributed by atoms with Crippen molar-refractivity contribution in [3.8, 4) is 0 Å². The Morgan fingerprint density at radius 3 is 2.68 bits per heavy atom. The lowest BCUT2D eigenvalue weighted by molar-refractivity contribution is -0.116. The zero-order valence-corrected chi connectivity index (χ0v) is 12.4. The number of nitrogens with zero attached hydrogens (tertiary/aromatic N) is 1. The second-order valence-corrected chi connectivity index (χ2v) is 6.67. The van der Waals surface area contributed by atoms with E-state index < -0.39 is 5.60 Å². The van der Waals surface area contributed by atoms with Crippen LogP contribution >= 0.6 is 0 Å². The van der Waals surface area contributed by atoms with E-state index in [4.69, 9.17) is 15.2 Å². The van der Waals surface area contributed by atoms with Gasteiger partial charge in [0.2, 0.25) is 0 Å². The van der Waals surface area contributed by atoms with Crippen molar-refractivity contribution >= 4 is 6.09 Å². The topological polar surface area (TPSA) is 64.8 Å². The highest BCUT2D eigenvalue weighted by Crippen LogP contribution is 2.49. The van der Waals surface area contributed by atoms with Gasteiger partial charge in [-0.1, -0.05) is 0 Å². The van der Waals surface area contributed by atoms with Gasteiger partial charge >= 0.3 is 6.09 Å². The molecule has 2 N–H and O–H groups in total. The molecule has 1 aliphatic carbocycles. The van der Waals surface area contributed by atoms with Crippen LogP contribution in [0.4, 0.5) is 4.79 Å². The number of hydrogen-bond donors (Lipinski definition) is 1. The van der Waals surface area contributed by atoms with Gasteiger partial charge < -0.3 is 20.1 Å². The molecular formula is C14H26N2O3. The Morgan fingerprint density at radius 1 is 1.47 bits per heavy atom. The van der Waals surface area contributed by atoms with E-state index >= 15 is 0 Å². The molecule has 0 aromatic rings. The van der Waals surface area contributed by atoms with Crippen molar-refractivity contribution in [3.05, 3.63) is 0 Å². The van der Waals surface area contributed by atoms with Gasteiger partial charge in [-0.2, -0.15) is 0 Å². The Kier molecular flexibility index (Phi) is 3.80. The van der Waals surface area contributed by atoms with Gasteiger partial charge in [-0.3, -0.25) is 0 Å². The largest absolute Gasteiger partial charge is 0.444 e. The van der Waals surface area contributed by atoms with E-state index in [0.29, 0.717) is 19.7 Å². The van der Waals surface area contributed by atoms with E-state index in [1.165, 1.54) is 0 Å². The summed E-state index contributed by atoms with van der Waals surface area (Å²) in [5.41, 5.74) is 5.67. The number of likely N-dealkylation sites (tertiary alicyclic amines) is 1. The van der Waals surface area contributed by atoms with Crippen molar-refractivity contribution in [1.29, 1.82) is 0 Å². The Hall–Kier alpha value is -0.810. The Balaban J connectivity index is 1.97. The van der Waals surface area contributed by atoms with Gasteiger partial charge in [-0.05, 0) is 40.5 Å². The molecule has 1 saturated heterocycles. The van der Waals surface area contributed by atoms with Gasteiger partial charge in [-0.25, -0.2) is 4.79 Å². The summed E-state index contributed by atoms with van der Waals surface area (Å²) < 4.78 is 11.2. The summed E-state index contributed by atoms with van der Waals surface area (Å²) in [7, 11) is 0. The highest BCUT2D eigenvalue weighted by Gasteiger charge is 2.58. The van der Waals surface area contributed by atoms with E-state index in [0.717, 1.165) is 12.8 Å². The van der Waals surface area contributed by atoms with Gasteiger partial charge in [0.15, 0.2) is 0 Å². The van der Waals surface area contributed by atoms with Crippen LogP contribution in [0.15, 0.2) is 0 Å². The van der Waals surface area contributed by atoms with Crippen LogP contribution in [0.25, 0.3) is 0 Å². The number of carbonyl (C=O) groups excluding carboxylic acids is 1. The molecule has 19 heavy (non-hydrogen) atoms. The number of amides is 1. The number of ether oxygens (including phenoxy) is 2. The maximum absolute atomic E-state index is 12.1. The summed E-state index contributed by atoms with van der Waals surface area (Å²) in [6.07, 6.45) is 1.77. The van der Waals surface area contributed by atoms with Crippen LogP contribution in [0, 0.1) is 5.41 Å². The predicted molar refractivity (Wildman–Crippen MR) is 72.9 cm³/mol. The molecule has 0 aromatic carbocycles. The Bertz CT molecular complexity index is 351. The summed E-state index contributed by atoms with van der Waals surface area (Å²) in [5, 5.41) is 0. The van der Waals surface area contributed by atoms with Crippen molar-refractivity contribution in [2.45, 2.75) is 58.3 Å². The number of rotatable bonds is 2. The van der Waals surface area contributed by atoms with Crippen LogP contribution in [-0.2, 0) is 9.47 Å². The molecular weight excluding hydrogens is 244 g/mol. The first kappa shape index (κ1) is 14.6. The van der Waals surface area contributed by atoms with E-state index in [9.17, 15) is 4.79 Å². The molecule has 3 atom stereocenters. The highest BCUT2D eigenvalue weighted by atomic mass is 16.6. The van der Waals surface area contributed by atoms with Crippen LogP contribution in [0.1, 0.15) is 40.5 Å². The molecule has 1 saturated carbocycles. The maximum atomic E-state index is 12.1. The second-order valence-electron chi connectivity index (χ2n) is 6.67. The molecule has 1 heterocycles. The summed E-state index contributed by atoms with van der Waals surface area (Å²) >= 11 is 0. The minimum absolute atomic E-state index is 0.0487. The average molecular weight is 270 g/mol. The van der Waals surface area contributed by atoms with Crippen molar-refractivity contribution in [2.24, 2.45) is 11.1 Å². The van der Waals surface area contributed by atoms with E-state index in [1.807, 2.05) is 27.7 Å².